The molecule has 1 saturated heterocycles. The Morgan fingerprint density at radius 1 is 1.05 bits per heavy atom. The number of likely N-dealkylation sites (tertiary alicyclic amines) is 1. The molecular weight excluding hydrogens is 232 g/mol. The summed E-state index contributed by atoms with van der Waals surface area (Å²) in [5, 5.41) is 0. The summed E-state index contributed by atoms with van der Waals surface area (Å²) in [6.07, 6.45) is 8.07. The zero-order valence-electron chi connectivity index (χ0n) is 13.7. The Bertz CT molecular complexity index is 290. The summed E-state index contributed by atoms with van der Waals surface area (Å²) in [5.74, 6) is 0. The van der Waals surface area contributed by atoms with E-state index in [1.807, 2.05) is 0 Å². The number of hydrogen-bond acceptors (Lipinski definition) is 2. The highest BCUT2D eigenvalue weighted by Gasteiger charge is 2.42. The molecule has 2 nitrogen and oxygen atoms in total. The average molecular weight is 266 g/mol. The van der Waals surface area contributed by atoms with E-state index in [-0.39, 0.29) is 0 Å². The van der Waals surface area contributed by atoms with Gasteiger partial charge in [-0.2, -0.15) is 0 Å². The van der Waals surface area contributed by atoms with Crippen LogP contribution >= 0.6 is 0 Å². The Morgan fingerprint density at radius 2 is 1.63 bits per heavy atom. The summed E-state index contributed by atoms with van der Waals surface area (Å²) in [5.41, 5.74) is 7.21. The topological polar surface area (TPSA) is 29.3 Å². The molecule has 2 N–H and O–H groups in total. The molecule has 1 aliphatic carbocycles. The smallest absolute Gasteiger partial charge is 0.0247 e. The van der Waals surface area contributed by atoms with Crippen LogP contribution in [0.4, 0.5) is 0 Å². The van der Waals surface area contributed by atoms with Crippen LogP contribution in [0, 0.1) is 10.8 Å². The molecule has 2 rings (SSSR count). The van der Waals surface area contributed by atoms with Crippen molar-refractivity contribution in [1.29, 1.82) is 0 Å². The molecule has 0 aromatic rings. The maximum atomic E-state index is 6.26. The van der Waals surface area contributed by atoms with E-state index in [2.05, 4.69) is 39.5 Å². The highest BCUT2D eigenvalue weighted by Crippen LogP contribution is 2.48. The highest BCUT2D eigenvalue weighted by molar-refractivity contribution is 4.97. The summed E-state index contributed by atoms with van der Waals surface area (Å²) in [6, 6.07) is 1.67. The molecule has 2 aliphatic rings. The van der Waals surface area contributed by atoms with Gasteiger partial charge < -0.3 is 5.73 Å². The van der Waals surface area contributed by atoms with Crippen molar-refractivity contribution >= 4 is 0 Å². The van der Waals surface area contributed by atoms with Crippen LogP contribution in [0.15, 0.2) is 0 Å². The Hall–Kier alpha value is -0.0800. The minimum Gasteiger partial charge on any atom is -0.327 e. The van der Waals surface area contributed by atoms with Gasteiger partial charge in [0.25, 0.3) is 0 Å². The zero-order valence-corrected chi connectivity index (χ0v) is 13.7. The molecule has 0 spiro atoms. The summed E-state index contributed by atoms with van der Waals surface area (Å²) < 4.78 is 0. The van der Waals surface area contributed by atoms with Gasteiger partial charge in [0.1, 0.15) is 0 Å². The molecule has 1 heterocycles. The van der Waals surface area contributed by atoms with Crippen LogP contribution in [0.3, 0.4) is 0 Å². The molecule has 0 radical (unpaired) electrons. The van der Waals surface area contributed by atoms with Gasteiger partial charge in [-0.3, -0.25) is 4.90 Å². The zero-order chi connectivity index (χ0) is 14.3. The Balaban J connectivity index is 2.14. The maximum absolute atomic E-state index is 6.26. The first kappa shape index (κ1) is 15.3. The van der Waals surface area contributed by atoms with Gasteiger partial charge in [0.2, 0.25) is 0 Å². The minimum atomic E-state index is 0.313. The molecule has 2 unspecified atom stereocenters. The highest BCUT2D eigenvalue weighted by atomic mass is 15.2. The van der Waals surface area contributed by atoms with Crippen molar-refractivity contribution < 1.29 is 0 Å². The molecule has 1 saturated carbocycles. The van der Waals surface area contributed by atoms with E-state index in [1.54, 1.807) is 0 Å². The lowest BCUT2D eigenvalue weighted by Crippen LogP contribution is -2.56. The third-order valence-electron chi connectivity index (χ3n) is 5.20. The van der Waals surface area contributed by atoms with Gasteiger partial charge in [-0.25, -0.2) is 0 Å². The first-order valence-corrected chi connectivity index (χ1v) is 8.22. The van der Waals surface area contributed by atoms with Gasteiger partial charge in [-0.05, 0) is 56.4 Å². The number of piperidine rings is 1. The van der Waals surface area contributed by atoms with Gasteiger partial charge in [-0.1, -0.05) is 34.1 Å². The number of nitrogens with two attached hydrogens (primary N) is 1. The average Bonchev–Trinajstić information content (AvgIpc) is 2.24. The summed E-state index contributed by atoms with van der Waals surface area (Å²) in [7, 11) is 0. The van der Waals surface area contributed by atoms with Crippen molar-refractivity contribution in [3.05, 3.63) is 0 Å². The number of nitrogens with zero attached hydrogens (tertiary/aromatic N) is 1. The lowest BCUT2D eigenvalue weighted by Gasteiger charge is -2.52. The van der Waals surface area contributed by atoms with Crippen molar-refractivity contribution in [2.24, 2.45) is 16.6 Å². The molecule has 19 heavy (non-hydrogen) atoms. The van der Waals surface area contributed by atoms with Crippen LogP contribution in [0.25, 0.3) is 0 Å². The second kappa shape index (κ2) is 5.37. The molecule has 1 aliphatic heterocycles. The van der Waals surface area contributed by atoms with Gasteiger partial charge in [0.05, 0.1) is 0 Å². The Morgan fingerprint density at radius 3 is 2.16 bits per heavy atom. The van der Waals surface area contributed by atoms with Gasteiger partial charge in [-0.15, -0.1) is 0 Å². The van der Waals surface area contributed by atoms with Gasteiger partial charge in [0.15, 0.2) is 0 Å². The molecule has 2 atom stereocenters. The fourth-order valence-corrected chi connectivity index (χ4v) is 5.02. The number of rotatable bonds is 2. The van der Waals surface area contributed by atoms with E-state index in [0.29, 0.717) is 22.9 Å². The third kappa shape index (κ3) is 3.72. The van der Waals surface area contributed by atoms with Crippen molar-refractivity contribution in [2.45, 2.75) is 91.3 Å². The molecule has 112 valence electrons. The maximum Gasteiger partial charge on any atom is 0.0247 e. The largest absolute Gasteiger partial charge is 0.327 e. The SMILES string of the molecule is CC(N)C1CCCCN1C1CC(C)(C)CC(C)(C)C1. The summed E-state index contributed by atoms with van der Waals surface area (Å²) >= 11 is 0. The third-order valence-corrected chi connectivity index (χ3v) is 5.20. The van der Waals surface area contributed by atoms with Crippen molar-refractivity contribution in [3.8, 4) is 0 Å². The second-order valence-corrected chi connectivity index (χ2v) is 8.73. The quantitative estimate of drug-likeness (QED) is 0.824. The predicted molar refractivity (Wildman–Crippen MR) is 83.2 cm³/mol. The first-order valence-electron chi connectivity index (χ1n) is 8.22. The van der Waals surface area contributed by atoms with E-state index >= 15 is 0 Å². The van der Waals surface area contributed by atoms with Crippen molar-refractivity contribution in [2.75, 3.05) is 6.54 Å². The molecule has 2 heteroatoms. The van der Waals surface area contributed by atoms with Crippen molar-refractivity contribution in [1.82, 2.24) is 4.90 Å². The molecule has 0 aromatic carbocycles. The van der Waals surface area contributed by atoms with Crippen LogP contribution in [0.1, 0.15) is 73.1 Å². The summed E-state index contributed by atoms with van der Waals surface area (Å²) in [4.78, 5) is 2.77. The van der Waals surface area contributed by atoms with Gasteiger partial charge in [0, 0.05) is 18.1 Å². The minimum absolute atomic E-state index is 0.313. The standard InChI is InChI=1S/C17H34N2/c1-13(18)15-8-6-7-9-19(15)14-10-16(2,3)12-17(4,5)11-14/h13-15H,6-12,18H2,1-5H3. The second-order valence-electron chi connectivity index (χ2n) is 8.73. The van der Waals surface area contributed by atoms with E-state index in [1.165, 1.54) is 45.1 Å². The predicted octanol–water partition coefficient (Wildman–Crippen LogP) is 3.79. The molecule has 2 fully saturated rings. The van der Waals surface area contributed by atoms with E-state index < -0.39 is 0 Å². The van der Waals surface area contributed by atoms with Crippen LogP contribution in [-0.4, -0.2) is 29.6 Å². The lowest BCUT2D eigenvalue weighted by molar-refractivity contribution is -0.0129. The molecule has 0 amide bonds. The Kier molecular flexibility index (Phi) is 4.32. The number of hydrogen-bond donors (Lipinski definition) is 1. The lowest BCUT2D eigenvalue weighted by atomic mass is 9.63. The first-order chi connectivity index (χ1) is 8.70. The summed E-state index contributed by atoms with van der Waals surface area (Å²) in [6.45, 7) is 13.3. The van der Waals surface area contributed by atoms with Crippen molar-refractivity contribution in [3.63, 3.8) is 0 Å². The van der Waals surface area contributed by atoms with Crippen LogP contribution in [-0.2, 0) is 0 Å². The van der Waals surface area contributed by atoms with E-state index in [9.17, 15) is 0 Å². The molecule has 0 bridgehead atoms. The Labute approximate surface area is 120 Å². The van der Waals surface area contributed by atoms with Crippen LogP contribution < -0.4 is 5.73 Å². The van der Waals surface area contributed by atoms with E-state index in [0.717, 1.165) is 6.04 Å². The van der Waals surface area contributed by atoms with Crippen LogP contribution in [0.5, 0.6) is 0 Å². The molecule has 0 aromatic heterocycles. The molecular formula is C17H34N2. The van der Waals surface area contributed by atoms with E-state index in [4.69, 9.17) is 5.73 Å². The normalized spacial score (nSPS) is 34.1. The monoisotopic (exact) mass is 266 g/mol. The fraction of sp³-hybridized carbons (Fsp3) is 1.00. The fourth-order valence-electron chi connectivity index (χ4n) is 5.02. The van der Waals surface area contributed by atoms with Crippen LogP contribution in [0.2, 0.25) is 0 Å². The van der Waals surface area contributed by atoms with Gasteiger partial charge >= 0.3 is 0 Å².